The Morgan fingerprint density at radius 1 is 0.763 bits per heavy atom. The summed E-state index contributed by atoms with van der Waals surface area (Å²) in [6.07, 6.45) is 8.27. The lowest BCUT2D eigenvalue weighted by Gasteiger charge is -2.16. The fourth-order valence-corrected chi connectivity index (χ4v) is 6.55. The maximum absolute atomic E-state index is 6.10. The maximum Gasteiger partial charge on any atom is 0.237 e. The quantitative estimate of drug-likeness (QED) is 0.233. The monoisotopic (exact) mass is 505 g/mol. The predicted octanol–water partition coefficient (Wildman–Crippen LogP) is 9.63. The molecule has 0 N–H and O–H groups in total. The van der Waals surface area contributed by atoms with Crippen molar-refractivity contribution < 1.29 is 4.42 Å². The molecule has 0 saturated carbocycles. The highest BCUT2D eigenvalue weighted by molar-refractivity contribution is 7.19. The zero-order chi connectivity index (χ0) is 25.3. The van der Waals surface area contributed by atoms with Crippen molar-refractivity contribution in [1.29, 1.82) is 0 Å². The van der Waals surface area contributed by atoms with E-state index >= 15 is 0 Å². The van der Waals surface area contributed by atoms with Crippen molar-refractivity contribution in [1.82, 2.24) is 4.98 Å². The van der Waals surface area contributed by atoms with Crippen molar-refractivity contribution in [2.75, 3.05) is 0 Å². The highest BCUT2D eigenvalue weighted by Gasteiger charge is 2.26. The maximum atomic E-state index is 6.10. The summed E-state index contributed by atoms with van der Waals surface area (Å²) in [6.45, 7) is 0. The van der Waals surface area contributed by atoms with E-state index in [1.54, 1.807) is 17.6 Å². The van der Waals surface area contributed by atoms with E-state index in [1.165, 1.54) is 32.7 Å². The van der Waals surface area contributed by atoms with Gasteiger partial charge in [-0.3, -0.25) is 0 Å². The molecule has 2 nitrogen and oxygen atoms in total. The normalized spacial score (nSPS) is 12.2. The summed E-state index contributed by atoms with van der Waals surface area (Å²) >= 11 is 1.78. The molecule has 2 heterocycles. The van der Waals surface area contributed by atoms with Gasteiger partial charge >= 0.3 is 0 Å². The summed E-state index contributed by atoms with van der Waals surface area (Å²) in [5.74, 6) is 0.668. The summed E-state index contributed by atoms with van der Waals surface area (Å²) in [6, 6.07) is 39.9. The molecular formula is C35H23NOS. The Labute approximate surface area is 226 Å². The zero-order valence-electron chi connectivity index (χ0n) is 20.6. The van der Waals surface area contributed by atoms with E-state index < -0.39 is 0 Å². The van der Waals surface area contributed by atoms with Crippen LogP contribution in [-0.4, -0.2) is 4.98 Å². The van der Waals surface area contributed by atoms with Gasteiger partial charge in [-0.2, -0.15) is 0 Å². The Bertz CT molecular complexity index is 1690. The van der Waals surface area contributed by atoms with Gasteiger partial charge in [-0.05, 0) is 47.2 Å². The van der Waals surface area contributed by atoms with Crippen molar-refractivity contribution in [3.05, 3.63) is 133 Å². The van der Waals surface area contributed by atoms with Gasteiger partial charge in [-0.25, -0.2) is 4.98 Å². The van der Waals surface area contributed by atoms with Gasteiger partial charge < -0.3 is 4.42 Å². The molecule has 0 atom stereocenters. The van der Waals surface area contributed by atoms with Crippen LogP contribution in [0.5, 0.6) is 0 Å². The molecular weight excluding hydrogens is 482 g/mol. The first-order valence-corrected chi connectivity index (χ1v) is 13.6. The third-order valence-electron chi connectivity index (χ3n) is 6.98. The van der Waals surface area contributed by atoms with Gasteiger partial charge in [-0.1, -0.05) is 109 Å². The molecule has 4 aromatic carbocycles. The van der Waals surface area contributed by atoms with Crippen LogP contribution in [0.2, 0.25) is 0 Å². The van der Waals surface area contributed by atoms with Crippen LogP contribution in [0.4, 0.5) is 0 Å². The molecule has 7 rings (SSSR count). The van der Waals surface area contributed by atoms with Gasteiger partial charge in [0, 0.05) is 27.1 Å². The highest BCUT2D eigenvalue weighted by Crippen LogP contribution is 2.50. The zero-order valence-corrected chi connectivity index (χ0v) is 21.5. The molecule has 2 aromatic heterocycles. The fourth-order valence-electron chi connectivity index (χ4n) is 5.20. The number of allylic oxidation sites excluding steroid dienone is 1. The van der Waals surface area contributed by atoms with Crippen LogP contribution in [0.1, 0.15) is 17.5 Å². The van der Waals surface area contributed by atoms with Gasteiger partial charge in [0.1, 0.15) is 12.0 Å². The van der Waals surface area contributed by atoms with Crippen molar-refractivity contribution in [3.8, 4) is 54.7 Å². The molecule has 38 heavy (non-hydrogen) atoms. The van der Waals surface area contributed by atoms with Gasteiger partial charge in [0.05, 0.1) is 4.88 Å². The third-order valence-corrected chi connectivity index (χ3v) is 8.23. The van der Waals surface area contributed by atoms with E-state index in [1.807, 2.05) is 30.3 Å². The first-order valence-electron chi connectivity index (χ1n) is 12.8. The van der Waals surface area contributed by atoms with E-state index in [4.69, 9.17) is 9.40 Å². The number of aromatic nitrogens is 1. The molecule has 0 bridgehead atoms. The number of rotatable bonds is 5. The molecule has 1 aliphatic carbocycles. The number of oxazole rings is 1. The molecule has 0 spiro atoms. The Morgan fingerprint density at radius 2 is 1.55 bits per heavy atom. The number of nitrogens with zero attached hydrogens (tertiary/aromatic N) is 1. The van der Waals surface area contributed by atoms with Gasteiger partial charge in [0.2, 0.25) is 5.89 Å². The van der Waals surface area contributed by atoms with Crippen molar-refractivity contribution in [3.63, 3.8) is 0 Å². The van der Waals surface area contributed by atoms with E-state index in [2.05, 4.69) is 91.0 Å². The lowest BCUT2D eigenvalue weighted by Crippen LogP contribution is -1.95. The standard InChI is InChI=1S/C35H23NOS/c1-4-13-24(14-5-1)27-21-12-22-28(25-15-6-2-7-16-25)32(27)33-29-19-10-11-20-30(29)34(38-33)35-36-31(23-37-35)26-17-8-3-9-18-26/h1-6,8-9,11-15,17-18,20-23H,10,19H2. The van der Waals surface area contributed by atoms with Gasteiger partial charge in [0.15, 0.2) is 0 Å². The topological polar surface area (TPSA) is 26.0 Å². The number of hydrogen-bond acceptors (Lipinski definition) is 3. The average molecular weight is 506 g/mol. The number of hydrogen-bond donors (Lipinski definition) is 0. The Morgan fingerprint density at radius 3 is 2.34 bits per heavy atom. The smallest absolute Gasteiger partial charge is 0.237 e. The van der Waals surface area contributed by atoms with Crippen LogP contribution in [0, 0.1) is 12.1 Å². The van der Waals surface area contributed by atoms with E-state index in [0.29, 0.717) is 5.89 Å². The molecule has 0 amide bonds. The Hall–Kier alpha value is -4.65. The Balaban J connectivity index is 1.47. The molecule has 0 aliphatic heterocycles. The first kappa shape index (κ1) is 22.5. The molecule has 6 aromatic rings. The first-order chi connectivity index (χ1) is 18.9. The van der Waals surface area contributed by atoms with Crippen LogP contribution in [0.3, 0.4) is 0 Å². The van der Waals surface area contributed by atoms with E-state index in [9.17, 15) is 0 Å². The molecule has 0 saturated heterocycles. The third kappa shape index (κ3) is 3.96. The number of benzene rings is 3. The highest BCUT2D eigenvalue weighted by atomic mass is 32.1. The molecule has 3 heteroatoms. The SMILES string of the molecule is c1cccc(-c2cccc(-c3ccccc3)c2-c2sc(-c3nc(-c4ccccc4)co3)c3c2CCC=C3)c#1. The Kier molecular flexibility index (Phi) is 5.73. The van der Waals surface area contributed by atoms with Crippen LogP contribution < -0.4 is 0 Å². The predicted molar refractivity (Wildman–Crippen MR) is 157 cm³/mol. The molecule has 0 fully saturated rings. The summed E-state index contributed by atoms with van der Waals surface area (Å²) in [5.41, 5.74) is 10.3. The lowest BCUT2D eigenvalue weighted by atomic mass is 9.87. The van der Waals surface area contributed by atoms with Crippen LogP contribution >= 0.6 is 11.3 Å². The van der Waals surface area contributed by atoms with Gasteiger partial charge in [-0.15, -0.1) is 11.3 Å². The molecule has 0 unspecified atom stereocenters. The number of thiophene rings is 1. The van der Waals surface area contributed by atoms with Crippen LogP contribution in [-0.2, 0) is 6.42 Å². The van der Waals surface area contributed by atoms with Crippen molar-refractivity contribution >= 4 is 17.4 Å². The minimum absolute atomic E-state index is 0.668. The second-order valence-corrected chi connectivity index (χ2v) is 10.3. The number of fused-ring (bicyclic) bond motifs is 1. The second kappa shape index (κ2) is 9.67. The lowest BCUT2D eigenvalue weighted by molar-refractivity contribution is 0.576. The minimum atomic E-state index is 0.668. The minimum Gasteiger partial charge on any atom is -0.443 e. The summed E-state index contributed by atoms with van der Waals surface area (Å²) in [7, 11) is 0. The molecule has 0 radical (unpaired) electrons. The van der Waals surface area contributed by atoms with E-state index in [-0.39, 0.29) is 0 Å². The molecule has 1 aliphatic rings. The molecule has 180 valence electrons. The van der Waals surface area contributed by atoms with Crippen LogP contribution in [0.25, 0.3) is 60.8 Å². The van der Waals surface area contributed by atoms with E-state index in [0.717, 1.165) is 40.1 Å². The van der Waals surface area contributed by atoms with Crippen LogP contribution in [0.15, 0.2) is 114 Å². The summed E-state index contributed by atoms with van der Waals surface area (Å²) in [4.78, 5) is 7.27. The largest absolute Gasteiger partial charge is 0.443 e. The van der Waals surface area contributed by atoms with Gasteiger partial charge in [0.25, 0.3) is 0 Å². The summed E-state index contributed by atoms with van der Waals surface area (Å²) < 4.78 is 6.10. The average Bonchev–Trinajstić information content (AvgIpc) is 3.64. The summed E-state index contributed by atoms with van der Waals surface area (Å²) in [5, 5.41) is 0. The second-order valence-electron chi connectivity index (χ2n) is 9.30. The fraction of sp³-hybridized carbons (Fsp3) is 0.0571. The van der Waals surface area contributed by atoms with Crippen molar-refractivity contribution in [2.45, 2.75) is 12.8 Å². The van der Waals surface area contributed by atoms with Crippen molar-refractivity contribution in [2.24, 2.45) is 0 Å².